The fourth-order valence-corrected chi connectivity index (χ4v) is 2.95. The average molecular weight is 354 g/mol. The molecule has 0 aliphatic heterocycles. The predicted molar refractivity (Wildman–Crippen MR) is 101 cm³/mol. The molecule has 136 valence electrons. The maximum absolute atomic E-state index is 10.1. The molecule has 0 spiro atoms. The second kappa shape index (κ2) is 7.04. The van der Waals surface area contributed by atoms with Crippen LogP contribution >= 0.6 is 0 Å². The Hall–Kier alpha value is -3.08. The molecule has 2 N–H and O–H groups in total. The molecule has 1 heterocycles. The van der Waals surface area contributed by atoms with Crippen molar-refractivity contribution in [3.63, 3.8) is 0 Å². The first kappa shape index (κ1) is 17.7. The second-order valence-corrected chi connectivity index (χ2v) is 6.30. The van der Waals surface area contributed by atoms with Crippen molar-refractivity contribution in [3.8, 4) is 34.3 Å². The van der Waals surface area contributed by atoms with Crippen LogP contribution in [0.5, 0.6) is 23.0 Å². The number of aromatic hydroxyl groups is 2. The van der Waals surface area contributed by atoms with E-state index in [0.29, 0.717) is 34.8 Å². The number of phenols is 2. The maximum atomic E-state index is 10.1. The minimum atomic E-state index is -0.0558. The van der Waals surface area contributed by atoms with Gasteiger partial charge in [0.15, 0.2) is 0 Å². The topological polar surface area (TPSA) is 72.1 Å². The zero-order chi connectivity index (χ0) is 18.8. The summed E-state index contributed by atoms with van der Waals surface area (Å²) in [5, 5.41) is 20.4. The summed E-state index contributed by atoms with van der Waals surface area (Å²) in [6, 6.07) is 8.04. The molecular formula is C21H22O5. The molecule has 0 aliphatic carbocycles. The third-order valence-electron chi connectivity index (χ3n) is 4.22. The van der Waals surface area contributed by atoms with Crippen molar-refractivity contribution in [2.45, 2.75) is 20.3 Å². The first-order chi connectivity index (χ1) is 12.4. The van der Waals surface area contributed by atoms with Gasteiger partial charge >= 0.3 is 0 Å². The van der Waals surface area contributed by atoms with Gasteiger partial charge in [-0.25, -0.2) is 0 Å². The van der Waals surface area contributed by atoms with Crippen LogP contribution in [0.25, 0.3) is 22.3 Å². The molecule has 0 saturated carbocycles. The van der Waals surface area contributed by atoms with Crippen molar-refractivity contribution in [2.75, 3.05) is 14.2 Å². The van der Waals surface area contributed by atoms with Gasteiger partial charge in [0, 0.05) is 17.7 Å². The predicted octanol–water partition coefficient (Wildman–Crippen LogP) is 5.04. The minimum Gasteiger partial charge on any atom is -0.508 e. The molecule has 0 radical (unpaired) electrons. The molecule has 3 aromatic rings. The zero-order valence-electron chi connectivity index (χ0n) is 15.3. The Labute approximate surface area is 152 Å². The van der Waals surface area contributed by atoms with E-state index in [1.54, 1.807) is 20.3 Å². The first-order valence-electron chi connectivity index (χ1n) is 8.27. The number of rotatable bonds is 5. The first-order valence-corrected chi connectivity index (χ1v) is 8.27. The Morgan fingerprint density at radius 2 is 1.85 bits per heavy atom. The van der Waals surface area contributed by atoms with E-state index in [0.717, 1.165) is 10.9 Å². The van der Waals surface area contributed by atoms with E-state index in [-0.39, 0.29) is 11.5 Å². The molecular weight excluding hydrogens is 332 g/mol. The lowest BCUT2D eigenvalue weighted by atomic mass is 10.0. The van der Waals surface area contributed by atoms with Crippen LogP contribution in [0.15, 0.2) is 46.4 Å². The normalized spacial score (nSPS) is 10.8. The minimum absolute atomic E-state index is 0.00869. The van der Waals surface area contributed by atoms with Gasteiger partial charge in [-0.05, 0) is 38.5 Å². The van der Waals surface area contributed by atoms with Crippen molar-refractivity contribution in [2.24, 2.45) is 0 Å². The average Bonchev–Trinajstić information content (AvgIpc) is 3.01. The third-order valence-corrected chi connectivity index (χ3v) is 4.22. The van der Waals surface area contributed by atoms with Gasteiger partial charge in [-0.15, -0.1) is 0 Å². The van der Waals surface area contributed by atoms with Crippen LogP contribution in [-0.2, 0) is 6.42 Å². The molecule has 1 aromatic heterocycles. The Morgan fingerprint density at radius 1 is 1.08 bits per heavy atom. The van der Waals surface area contributed by atoms with Gasteiger partial charge in [0.1, 0.15) is 34.3 Å². The van der Waals surface area contributed by atoms with Crippen LogP contribution in [0.3, 0.4) is 0 Å². The monoisotopic (exact) mass is 354 g/mol. The van der Waals surface area contributed by atoms with Crippen LogP contribution in [0, 0.1) is 0 Å². The van der Waals surface area contributed by atoms with Gasteiger partial charge in [0.25, 0.3) is 0 Å². The Morgan fingerprint density at radius 3 is 2.46 bits per heavy atom. The largest absolute Gasteiger partial charge is 0.508 e. The van der Waals surface area contributed by atoms with Crippen LogP contribution in [0.1, 0.15) is 19.4 Å². The van der Waals surface area contributed by atoms with Crippen molar-refractivity contribution in [3.05, 3.63) is 47.5 Å². The van der Waals surface area contributed by atoms with Gasteiger partial charge in [-0.3, -0.25) is 0 Å². The zero-order valence-corrected chi connectivity index (χ0v) is 15.3. The summed E-state index contributed by atoms with van der Waals surface area (Å²) in [5.41, 5.74) is 3.23. The fraction of sp³-hybridized carbons (Fsp3) is 0.238. The maximum Gasteiger partial charge on any atom is 0.142 e. The Kier molecular flexibility index (Phi) is 4.80. The standard InChI is InChI=1S/C21H22O5/c1-12(2)5-7-15-18(24-3)11-20-16(21(15)25-4)10-19(26-20)14-8-6-13(22)9-17(14)23/h5-6,8-11,22-23H,7H2,1-4H3. The Balaban J connectivity index is 2.21. The van der Waals surface area contributed by atoms with Crippen LogP contribution in [0.2, 0.25) is 0 Å². The molecule has 0 unspecified atom stereocenters. The van der Waals surface area contributed by atoms with Crippen molar-refractivity contribution in [1.82, 2.24) is 0 Å². The number of allylic oxidation sites excluding steroid dienone is 2. The number of furan rings is 1. The summed E-state index contributed by atoms with van der Waals surface area (Å²) in [4.78, 5) is 0. The van der Waals surface area contributed by atoms with Gasteiger partial charge < -0.3 is 24.1 Å². The number of fused-ring (bicyclic) bond motifs is 1. The van der Waals surface area contributed by atoms with Gasteiger partial charge in [-0.2, -0.15) is 0 Å². The summed E-state index contributed by atoms with van der Waals surface area (Å²) in [6.45, 7) is 4.09. The van der Waals surface area contributed by atoms with E-state index in [4.69, 9.17) is 13.9 Å². The highest BCUT2D eigenvalue weighted by Gasteiger charge is 2.19. The van der Waals surface area contributed by atoms with Gasteiger partial charge in [0.05, 0.1) is 25.2 Å². The van der Waals surface area contributed by atoms with E-state index >= 15 is 0 Å². The lowest BCUT2D eigenvalue weighted by molar-refractivity contribution is 0.390. The summed E-state index contributed by atoms with van der Waals surface area (Å²) in [6.07, 6.45) is 2.79. The summed E-state index contributed by atoms with van der Waals surface area (Å²) >= 11 is 0. The fourth-order valence-electron chi connectivity index (χ4n) is 2.95. The molecule has 2 aromatic carbocycles. The molecule has 5 heteroatoms. The van der Waals surface area contributed by atoms with Gasteiger partial charge in [0.2, 0.25) is 0 Å². The summed E-state index contributed by atoms with van der Waals surface area (Å²) in [7, 11) is 3.23. The molecule has 0 bridgehead atoms. The lowest BCUT2D eigenvalue weighted by Gasteiger charge is -2.12. The van der Waals surface area contributed by atoms with Gasteiger partial charge in [-0.1, -0.05) is 11.6 Å². The van der Waals surface area contributed by atoms with E-state index in [1.807, 2.05) is 26.0 Å². The molecule has 5 nitrogen and oxygen atoms in total. The molecule has 0 atom stereocenters. The summed E-state index contributed by atoms with van der Waals surface area (Å²) in [5.74, 6) is 1.79. The van der Waals surface area contributed by atoms with E-state index in [2.05, 4.69) is 6.08 Å². The van der Waals surface area contributed by atoms with E-state index in [9.17, 15) is 10.2 Å². The number of ether oxygens (including phenoxy) is 2. The molecule has 0 aliphatic rings. The van der Waals surface area contributed by atoms with Crippen LogP contribution in [0.4, 0.5) is 0 Å². The third kappa shape index (κ3) is 3.20. The van der Waals surface area contributed by atoms with Crippen molar-refractivity contribution in [1.29, 1.82) is 0 Å². The highest BCUT2D eigenvalue weighted by molar-refractivity contribution is 5.92. The lowest BCUT2D eigenvalue weighted by Crippen LogP contribution is -1.96. The van der Waals surface area contributed by atoms with Crippen molar-refractivity contribution >= 4 is 11.0 Å². The second-order valence-electron chi connectivity index (χ2n) is 6.30. The SMILES string of the molecule is COc1cc2oc(-c3ccc(O)cc3O)cc2c(OC)c1CC=C(C)C. The number of phenolic OH excluding ortho intramolecular Hbond substituents is 2. The number of hydrogen-bond donors (Lipinski definition) is 2. The van der Waals surface area contributed by atoms with Crippen LogP contribution < -0.4 is 9.47 Å². The molecule has 0 fully saturated rings. The number of hydrogen-bond acceptors (Lipinski definition) is 5. The van der Waals surface area contributed by atoms with Crippen molar-refractivity contribution < 1.29 is 24.1 Å². The summed E-state index contributed by atoms with van der Waals surface area (Å²) < 4.78 is 17.1. The quantitative estimate of drug-likeness (QED) is 0.628. The van der Waals surface area contributed by atoms with E-state index in [1.165, 1.54) is 17.7 Å². The number of methoxy groups -OCH3 is 2. The highest BCUT2D eigenvalue weighted by Crippen LogP contribution is 2.43. The molecule has 26 heavy (non-hydrogen) atoms. The number of benzene rings is 2. The Bertz CT molecular complexity index is 978. The molecule has 3 rings (SSSR count). The smallest absolute Gasteiger partial charge is 0.142 e. The molecule has 0 amide bonds. The van der Waals surface area contributed by atoms with Crippen LogP contribution in [-0.4, -0.2) is 24.4 Å². The van der Waals surface area contributed by atoms with E-state index < -0.39 is 0 Å². The highest BCUT2D eigenvalue weighted by atomic mass is 16.5. The molecule has 0 saturated heterocycles.